The van der Waals surface area contributed by atoms with E-state index in [1.165, 1.54) is 18.2 Å². The van der Waals surface area contributed by atoms with Gasteiger partial charge in [0.1, 0.15) is 5.82 Å². The molecule has 118 valence electrons. The van der Waals surface area contributed by atoms with Gasteiger partial charge < -0.3 is 10.1 Å². The highest BCUT2D eigenvalue weighted by molar-refractivity contribution is 5.94. The largest absolute Gasteiger partial charge is 0.452 e. The molecule has 0 aromatic heterocycles. The summed E-state index contributed by atoms with van der Waals surface area (Å²) in [6.07, 6.45) is 2.38. The highest BCUT2D eigenvalue weighted by Gasteiger charge is 2.06. The van der Waals surface area contributed by atoms with Crippen molar-refractivity contribution in [3.8, 4) is 0 Å². The van der Waals surface area contributed by atoms with Gasteiger partial charge in [-0.15, -0.1) is 0 Å². The highest BCUT2D eigenvalue weighted by Crippen LogP contribution is 2.09. The number of benzene rings is 2. The quantitative estimate of drug-likeness (QED) is 0.680. The van der Waals surface area contributed by atoms with Crippen LogP contribution < -0.4 is 5.32 Å². The molecule has 0 fully saturated rings. The number of hydrogen-bond acceptors (Lipinski definition) is 3. The number of ether oxygens (including phenoxy) is 1. The summed E-state index contributed by atoms with van der Waals surface area (Å²) in [5.74, 6) is -1.59. The third kappa shape index (κ3) is 5.39. The number of anilines is 1. The van der Waals surface area contributed by atoms with Crippen LogP contribution in [0.1, 0.15) is 11.1 Å². The molecule has 0 aliphatic heterocycles. The SMILES string of the molecule is Cc1ccc(NC(=O)COC(=O)/C=C/c2ccccc2F)cc1. The number of carbonyl (C=O) groups is 2. The Morgan fingerprint density at radius 2 is 1.83 bits per heavy atom. The topological polar surface area (TPSA) is 55.4 Å². The van der Waals surface area contributed by atoms with Gasteiger partial charge in [-0.2, -0.15) is 0 Å². The molecule has 0 unspecified atom stereocenters. The Labute approximate surface area is 133 Å². The van der Waals surface area contributed by atoms with Gasteiger partial charge in [0.25, 0.3) is 5.91 Å². The zero-order valence-corrected chi connectivity index (χ0v) is 12.6. The van der Waals surface area contributed by atoms with Crippen molar-refractivity contribution in [2.45, 2.75) is 6.92 Å². The van der Waals surface area contributed by atoms with Crippen molar-refractivity contribution in [3.05, 3.63) is 71.6 Å². The molecule has 0 radical (unpaired) electrons. The molecule has 0 atom stereocenters. The summed E-state index contributed by atoms with van der Waals surface area (Å²) >= 11 is 0. The maximum Gasteiger partial charge on any atom is 0.331 e. The van der Waals surface area contributed by atoms with Gasteiger partial charge in [0.15, 0.2) is 6.61 Å². The van der Waals surface area contributed by atoms with E-state index in [0.717, 1.165) is 11.6 Å². The molecular weight excluding hydrogens is 297 g/mol. The second-order valence-electron chi connectivity index (χ2n) is 4.88. The molecule has 5 heteroatoms. The van der Waals surface area contributed by atoms with Crippen molar-refractivity contribution in [1.29, 1.82) is 0 Å². The third-order valence-corrected chi connectivity index (χ3v) is 2.99. The number of carbonyl (C=O) groups excluding carboxylic acids is 2. The molecule has 0 saturated carbocycles. The first-order chi connectivity index (χ1) is 11.0. The molecule has 2 rings (SSSR count). The summed E-state index contributed by atoms with van der Waals surface area (Å²) in [5.41, 5.74) is 1.97. The fourth-order valence-corrected chi connectivity index (χ4v) is 1.79. The average Bonchev–Trinajstić information content (AvgIpc) is 2.54. The van der Waals surface area contributed by atoms with E-state index >= 15 is 0 Å². The van der Waals surface area contributed by atoms with E-state index in [4.69, 9.17) is 4.74 Å². The molecule has 0 aliphatic carbocycles. The van der Waals surface area contributed by atoms with Gasteiger partial charge in [0.05, 0.1) is 0 Å². The first-order valence-corrected chi connectivity index (χ1v) is 7.00. The lowest BCUT2D eigenvalue weighted by Crippen LogP contribution is -2.20. The molecule has 0 saturated heterocycles. The monoisotopic (exact) mass is 313 g/mol. The molecule has 23 heavy (non-hydrogen) atoms. The van der Waals surface area contributed by atoms with Crippen LogP contribution in [0.5, 0.6) is 0 Å². The molecule has 1 N–H and O–H groups in total. The van der Waals surface area contributed by atoms with Crippen molar-refractivity contribution in [2.75, 3.05) is 11.9 Å². The Kier molecular flexibility index (Phi) is 5.63. The van der Waals surface area contributed by atoms with Crippen LogP contribution in [0.15, 0.2) is 54.6 Å². The first kappa shape index (κ1) is 16.4. The molecule has 0 bridgehead atoms. The Hall–Kier alpha value is -2.95. The van der Waals surface area contributed by atoms with Crippen molar-refractivity contribution in [3.63, 3.8) is 0 Å². The van der Waals surface area contributed by atoms with E-state index in [0.29, 0.717) is 5.69 Å². The molecule has 1 amide bonds. The summed E-state index contributed by atoms with van der Waals surface area (Å²) < 4.78 is 18.2. The van der Waals surface area contributed by atoms with Crippen LogP contribution in [-0.2, 0) is 14.3 Å². The lowest BCUT2D eigenvalue weighted by molar-refractivity contribution is -0.142. The molecule has 2 aromatic rings. The second-order valence-corrected chi connectivity index (χ2v) is 4.88. The minimum Gasteiger partial charge on any atom is -0.452 e. The van der Waals surface area contributed by atoms with Crippen molar-refractivity contribution >= 4 is 23.6 Å². The van der Waals surface area contributed by atoms with Crippen LogP contribution in [0.3, 0.4) is 0 Å². The van der Waals surface area contributed by atoms with E-state index in [1.54, 1.807) is 24.3 Å². The number of rotatable bonds is 5. The van der Waals surface area contributed by atoms with E-state index in [-0.39, 0.29) is 5.56 Å². The minimum atomic E-state index is -0.715. The third-order valence-electron chi connectivity index (χ3n) is 2.99. The minimum absolute atomic E-state index is 0.272. The van der Waals surface area contributed by atoms with Crippen LogP contribution in [0, 0.1) is 12.7 Å². The predicted octanol–water partition coefficient (Wildman–Crippen LogP) is 3.33. The number of hydrogen-bond donors (Lipinski definition) is 1. The Morgan fingerprint density at radius 3 is 2.52 bits per heavy atom. The Bertz CT molecular complexity index is 723. The molecular formula is C18H16FNO3. The van der Waals surface area contributed by atoms with Gasteiger partial charge in [-0.25, -0.2) is 9.18 Å². The Balaban J connectivity index is 1.81. The zero-order chi connectivity index (χ0) is 16.7. The summed E-state index contributed by atoms with van der Waals surface area (Å²) in [6, 6.07) is 13.3. The van der Waals surface area contributed by atoms with Crippen LogP contribution >= 0.6 is 0 Å². The number of nitrogens with one attached hydrogen (secondary N) is 1. The summed E-state index contributed by atoms with van der Waals surface area (Å²) in [7, 11) is 0. The van der Waals surface area contributed by atoms with Gasteiger partial charge >= 0.3 is 5.97 Å². The van der Waals surface area contributed by atoms with Crippen molar-refractivity contribution in [1.82, 2.24) is 0 Å². The van der Waals surface area contributed by atoms with Crippen LogP contribution in [0.2, 0.25) is 0 Å². The summed E-state index contributed by atoms with van der Waals surface area (Å²) in [5, 5.41) is 2.61. The highest BCUT2D eigenvalue weighted by atomic mass is 19.1. The molecule has 2 aromatic carbocycles. The van der Waals surface area contributed by atoms with Gasteiger partial charge in [0, 0.05) is 17.3 Å². The lowest BCUT2D eigenvalue weighted by atomic mass is 10.2. The van der Waals surface area contributed by atoms with Crippen LogP contribution in [0.25, 0.3) is 6.08 Å². The maximum absolute atomic E-state index is 13.4. The number of aryl methyl sites for hydroxylation is 1. The van der Waals surface area contributed by atoms with Gasteiger partial charge in [-0.05, 0) is 31.2 Å². The number of esters is 1. The summed E-state index contributed by atoms with van der Waals surface area (Å²) in [4.78, 5) is 23.2. The smallest absolute Gasteiger partial charge is 0.331 e. The fourth-order valence-electron chi connectivity index (χ4n) is 1.79. The van der Waals surface area contributed by atoms with E-state index in [1.807, 2.05) is 19.1 Å². The lowest BCUT2D eigenvalue weighted by Gasteiger charge is -2.05. The van der Waals surface area contributed by atoms with E-state index < -0.39 is 24.3 Å². The number of halogens is 1. The maximum atomic E-state index is 13.4. The fraction of sp³-hybridized carbons (Fsp3) is 0.111. The second kappa shape index (κ2) is 7.89. The normalized spacial score (nSPS) is 10.5. The van der Waals surface area contributed by atoms with E-state index in [9.17, 15) is 14.0 Å². The first-order valence-electron chi connectivity index (χ1n) is 7.00. The van der Waals surface area contributed by atoms with E-state index in [2.05, 4.69) is 5.32 Å². The Morgan fingerprint density at radius 1 is 1.13 bits per heavy atom. The molecule has 4 nitrogen and oxygen atoms in total. The van der Waals surface area contributed by atoms with Gasteiger partial charge in [-0.1, -0.05) is 35.9 Å². The van der Waals surface area contributed by atoms with Crippen LogP contribution in [0.4, 0.5) is 10.1 Å². The van der Waals surface area contributed by atoms with Gasteiger partial charge in [0.2, 0.25) is 0 Å². The molecule has 0 heterocycles. The molecule has 0 aliphatic rings. The standard InChI is InChI=1S/C18H16FNO3/c1-13-6-9-15(10-7-13)20-17(21)12-23-18(22)11-8-14-4-2-3-5-16(14)19/h2-11H,12H2,1H3,(H,20,21)/b11-8+. The molecule has 0 spiro atoms. The van der Waals surface area contributed by atoms with Gasteiger partial charge in [-0.3, -0.25) is 4.79 Å². The van der Waals surface area contributed by atoms with Crippen LogP contribution in [-0.4, -0.2) is 18.5 Å². The average molecular weight is 313 g/mol. The zero-order valence-electron chi connectivity index (χ0n) is 12.6. The summed E-state index contributed by atoms with van der Waals surface area (Å²) in [6.45, 7) is 1.53. The predicted molar refractivity (Wildman–Crippen MR) is 86.2 cm³/mol. The van der Waals surface area contributed by atoms with Crippen molar-refractivity contribution in [2.24, 2.45) is 0 Å². The van der Waals surface area contributed by atoms with Crippen molar-refractivity contribution < 1.29 is 18.7 Å². The number of amides is 1.